The molecule has 4 nitrogen and oxygen atoms in total. The van der Waals surface area contributed by atoms with E-state index >= 15 is 0 Å². The van der Waals surface area contributed by atoms with Crippen LogP contribution in [0.4, 0.5) is 13.2 Å². The third kappa shape index (κ3) is 2.97. The topological polar surface area (TPSA) is 42.2 Å². The number of nitrogens with zero attached hydrogens (tertiary/aromatic N) is 3. The maximum atomic E-state index is 12.7. The second kappa shape index (κ2) is 5.22. The second-order valence-electron chi connectivity index (χ2n) is 4.81. The van der Waals surface area contributed by atoms with Gasteiger partial charge in [0, 0.05) is 11.9 Å². The first-order valence-corrected chi connectivity index (χ1v) is 6.80. The van der Waals surface area contributed by atoms with Gasteiger partial charge < -0.3 is 5.32 Å². The van der Waals surface area contributed by atoms with E-state index in [0.29, 0.717) is 23.3 Å². The lowest BCUT2D eigenvalue weighted by Crippen LogP contribution is -2.24. The molecule has 2 aromatic rings. The molecule has 0 unspecified atom stereocenters. The summed E-state index contributed by atoms with van der Waals surface area (Å²) < 4.78 is 39.6. The first-order valence-electron chi connectivity index (χ1n) is 6.42. The fourth-order valence-corrected chi connectivity index (χ4v) is 2.68. The summed E-state index contributed by atoms with van der Waals surface area (Å²) >= 11 is 6.03. The van der Waals surface area contributed by atoms with Gasteiger partial charge in [0.25, 0.3) is 0 Å². The number of para-hydroxylation sites is 1. The first kappa shape index (κ1) is 14.2. The number of benzene rings is 1. The molecule has 0 radical (unpaired) electrons. The molecule has 0 saturated heterocycles. The van der Waals surface area contributed by atoms with Gasteiger partial charge in [0.2, 0.25) is 0 Å². The number of alkyl halides is 3. The zero-order valence-electron chi connectivity index (χ0n) is 10.9. The lowest BCUT2D eigenvalue weighted by atomic mass is 10.1. The van der Waals surface area contributed by atoms with Crippen LogP contribution in [0.1, 0.15) is 5.56 Å². The molecular formula is C13H12ClF3N4. The highest BCUT2D eigenvalue weighted by Gasteiger charge is 2.29. The molecule has 21 heavy (non-hydrogen) atoms. The quantitative estimate of drug-likeness (QED) is 0.946. The highest BCUT2D eigenvalue weighted by molar-refractivity contribution is 6.34. The van der Waals surface area contributed by atoms with Crippen LogP contribution in [0, 0.1) is 0 Å². The molecule has 2 heterocycles. The zero-order valence-corrected chi connectivity index (χ0v) is 11.7. The number of hydrogen-bond donors (Lipinski definition) is 1. The van der Waals surface area contributed by atoms with Gasteiger partial charge in [-0.05, 0) is 11.6 Å². The molecule has 0 atom stereocenters. The number of rotatable bonds is 3. The average molecular weight is 317 g/mol. The van der Waals surface area contributed by atoms with E-state index in [1.165, 1.54) is 10.7 Å². The number of aromatic nitrogens is 2. The fraction of sp³-hybridized carbons (Fsp3) is 0.385. The number of halogens is 4. The van der Waals surface area contributed by atoms with Crippen molar-refractivity contribution in [3.05, 3.63) is 28.9 Å². The van der Waals surface area contributed by atoms with E-state index in [9.17, 15) is 13.2 Å². The number of hydrogen-bond acceptors (Lipinski definition) is 3. The van der Waals surface area contributed by atoms with Crippen LogP contribution >= 0.6 is 11.6 Å². The van der Waals surface area contributed by atoms with Gasteiger partial charge in [0.05, 0.1) is 25.0 Å². The number of amidine groups is 1. The SMILES string of the molecule is FC(F)(F)Cc1cccc2c(Cl)nn(CC3=NCCN3)c12. The van der Waals surface area contributed by atoms with E-state index < -0.39 is 12.6 Å². The standard InChI is InChI=1S/C13H12ClF3N4/c14-12-9-3-1-2-8(6-13(15,16)17)11(9)21(20-12)7-10-18-4-5-19-10/h1-3H,4-7H2,(H,18,19). The Bertz CT molecular complexity index is 705. The maximum Gasteiger partial charge on any atom is 0.393 e. The Morgan fingerprint density at radius 2 is 2.14 bits per heavy atom. The van der Waals surface area contributed by atoms with Crippen LogP contribution in [0.3, 0.4) is 0 Å². The van der Waals surface area contributed by atoms with E-state index in [4.69, 9.17) is 11.6 Å². The van der Waals surface area contributed by atoms with Crippen molar-refractivity contribution in [1.29, 1.82) is 0 Å². The Balaban J connectivity index is 2.07. The maximum absolute atomic E-state index is 12.7. The molecule has 1 aliphatic heterocycles. The predicted molar refractivity (Wildman–Crippen MR) is 74.8 cm³/mol. The Hall–Kier alpha value is -1.76. The van der Waals surface area contributed by atoms with Crippen molar-refractivity contribution in [2.75, 3.05) is 13.1 Å². The highest BCUT2D eigenvalue weighted by Crippen LogP contribution is 2.30. The molecule has 1 aromatic heterocycles. The van der Waals surface area contributed by atoms with Gasteiger partial charge in [0.1, 0.15) is 5.84 Å². The summed E-state index contributed by atoms with van der Waals surface area (Å²) in [6, 6.07) is 4.69. The molecular weight excluding hydrogens is 305 g/mol. The second-order valence-corrected chi connectivity index (χ2v) is 5.17. The normalized spacial score (nSPS) is 15.3. The van der Waals surface area contributed by atoms with Crippen molar-refractivity contribution in [1.82, 2.24) is 15.1 Å². The van der Waals surface area contributed by atoms with Crippen LogP contribution in [0.15, 0.2) is 23.2 Å². The van der Waals surface area contributed by atoms with Crippen LogP contribution in [-0.2, 0) is 13.0 Å². The monoisotopic (exact) mass is 316 g/mol. The van der Waals surface area contributed by atoms with E-state index in [2.05, 4.69) is 15.4 Å². The predicted octanol–water partition coefficient (Wildman–Crippen LogP) is 2.80. The summed E-state index contributed by atoms with van der Waals surface area (Å²) in [6.07, 6.45) is -5.29. The third-order valence-corrected chi connectivity index (χ3v) is 3.52. The van der Waals surface area contributed by atoms with Crippen molar-refractivity contribution in [3.8, 4) is 0 Å². The molecule has 112 valence electrons. The van der Waals surface area contributed by atoms with Crippen LogP contribution in [-0.4, -0.2) is 34.9 Å². The van der Waals surface area contributed by atoms with Crippen molar-refractivity contribution in [2.24, 2.45) is 4.99 Å². The van der Waals surface area contributed by atoms with Crippen molar-refractivity contribution >= 4 is 28.3 Å². The van der Waals surface area contributed by atoms with E-state index in [1.54, 1.807) is 12.1 Å². The molecule has 1 aliphatic rings. The van der Waals surface area contributed by atoms with Crippen LogP contribution < -0.4 is 5.32 Å². The number of aliphatic imine (C=N–C) groups is 1. The number of nitrogens with one attached hydrogen (secondary N) is 1. The summed E-state index contributed by atoms with van der Waals surface area (Å²) in [5.41, 5.74) is 0.578. The van der Waals surface area contributed by atoms with Crippen molar-refractivity contribution < 1.29 is 13.2 Å². The minimum Gasteiger partial charge on any atom is -0.370 e. The van der Waals surface area contributed by atoms with Crippen LogP contribution in [0.2, 0.25) is 5.15 Å². The van der Waals surface area contributed by atoms with Crippen LogP contribution in [0.25, 0.3) is 10.9 Å². The number of fused-ring (bicyclic) bond motifs is 1. The third-order valence-electron chi connectivity index (χ3n) is 3.24. The Kier molecular flexibility index (Phi) is 3.52. The molecule has 0 bridgehead atoms. The minimum atomic E-state index is -4.28. The Labute approximate surface area is 123 Å². The summed E-state index contributed by atoms with van der Waals surface area (Å²) in [7, 11) is 0. The molecule has 1 aromatic carbocycles. The lowest BCUT2D eigenvalue weighted by Gasteiger charge is -2.10. The summed E-state index contributed by atoms with van der Waals surface area (Å²) in [5, 5.41) is 7.93. The van der Waals surface area contributed by atoms with E-state index in [0.717, 1.165) is 6.54 Å². The van der Waals surface area contributed by atoms with Crippen molar-refractivity contribution in [3.63, 3.8) is 0 Å². The molecule has 0 spiro atoms. The average Bonchev–Trinajstić information content (AvgIpc) is 2.98. The minimum absolute atomic E-state index is 0.165. The molecule has 0 fully saturated rings. The molecule has 0 saturated carbocycles. The molecule has 3 rings (SSSR count). The Morgan fingerprint density at radius 3 is 2.81 bits per heavy atom. The summed E-state index contributed by atoms with van der Waals surface area (Å²) in [6.45, 7) is 1.69. The molecule has 1 N–H and O–H groups in total. The van der Waals surface area contributed by atoms with Gasteiger partial charge >= 0.3 is 6.18 Å². The van der Waals surface area contributed by atoms with E-state index in [1.807, 2.05) is 0 Å². The van der Waals surface area contributed by atoms with Crippen LogP contribution in [0.5, 0.6) is 0 Å². The van der Waals surface area contributed by atoms with Gasteiger partial charge in [-0.3, -0.25) is 9.67 Å². The fourth-order valence-electron chi connectivity index (χ4n) is 2.44. The smallest absolute Gasteiger partial charge is 0.370 e. The summed E-state index contributed by atoms with van der Waals surface area (Å²) in [4.78, 5) is 4.23. The van der Waals surface area contributed by atoms with Gasteiger partial charge in [-0.25, -0.2) is 0 Å². The first-order chi connectivity index (χ1) is 9.94. The van der Waals surface area contributed by atoms with E-state index in [-0.39, 0.29) is 17.3 Å². The molecule has 0 amide bonds. The highest BCUT2D eigenvalue weighted by atomic mass is 35.5. The molecule has 8 heteroatoms. The van der Waals surface area contributed by atoms with Gasteiger partial charge in [-0.2, -0.15) is 18.3 Å². The zero-order chi connectivity index (χ0) is 15.0. The van der Waals surface area contributed by atoms with Gasteiger partial charge in [0.15, 0.2) is 5.15 Å². The van der Waals surface area contributed by atoms with Crippen molar-refractivity contribution in [2.45, 2.75) is 19.1 Å². The summed E-state index contributed by atoms with van der Waals surface area (Å²) in [5.74, 6) is 0.706. The Morgan fingerprint density at radius 1 is 1.33 bits per heavy atom. The molecule has 0 aliphatic carbocycles. The van der Waals surface area contributed by atoms with Gasteiger partial charge in [-0.15, -0.1) is 0 Å². The largest absolute Gasteiger partial charge is 0.393 e. The van der Waals surface area contributed by atoms with Gasteiger partial charge in [-0.1, -0.05) is 23.7 Å². The lowest BCUT2D eigenvalue weighted by molar-refractivity contribution is -0.127.